The number of rotatable bonds is 56. The zero-order valence-corrected chi connectivity index (χ0v) is 51.1. The van der Waals surface area contributed by atoms with Crippen LogP contribution in [0, 0.1) is 0 Å². The van der Waals surface area contributed by atoms with Crippen LogP contribution in [0.4, 0.5) is 0 Å². The molecular formula is C66H120N2O7P+. The summed E-state index contributed by atoms with van der Waals surface area (Å²) < 4.78 is 30.7. The molecular weight excluding hydrogens is 964 g/mol. The molecule has 3 unspecified atom stereocenters. The van der Waals surface area contributed by atoms with Crippen molar-refractivity contribution in [3.05, 3.63) is 85.1 Å². The highest BCUT2D eigenvalue weighted by molar-refractivity contribution is 7.47. The Bertz CT molecular complexity index is 1580. The second kappa shape index (κ2) is 55.5. The summed E-state index contributed by atoms with van der Waals surface area (Å²) in [6, 6.07) is -0.859. The molecule has 76 heavy (non-hydrogen) atoms. The minimum Gasteiger partial charge on any atom is -0.456 e. The van der Waals surface area contributed by atoms with Crippen LogP contribution in [-0.4, -0.2) is 74.3 Å². The summed E-state index contributed by atoms with van der Waals surface area (Å²) in [5.41, 5.74) is 0. The highest BCUT2D eigenvalue weighted by Gasteiger charge is 2.30. The quantitative estimate of drug-likeness (QED) is 0.0156. The van der Waals surface area contributed by atoms with Crippen LogP contribution in [0.2, 0.25) is 0 Å². The van der Waals surface area contributed by atoms with E-state index < -0.39 is 20.0 Å². The van der Waals surface area contributed by atoms with Crippen molar-refractivity contribution in [2.24, 2.45) is 0 Å². The molecule has 0 bridgehead atoms. The number of phosphoric ester groups is 1. The van der Waals surface area contributed by atoms with Crippen LogP contribution in [0.15, 0.2) is 85.1 Å². The second-order valence-electron chi connectivity index (χ2n) is 22.3. The lowest BCUT2D eigenvalue weighted by atomic mass is 10.0. The van der Waals surface area contributed by atoms with Gasteiger partial charge in [-0.05, 0) is 89.5 Å². The Morgan fingerprint density at radius 1 is 0.487 bits per heavy atom. The van der Waals surface area contributed by atoms with E-state index in [1.54, 1.807) is 0 Å². The van der Waals surface area contributed by atoms with Gasteiger partial charge in [-0.3, -0.25) is 18.6 Å². The summed E-state index contributed by atoms with van der Waals surface area (Å²) in [4.78, 5) is 37.7. The predicted octanol–water partition coefficient (Wildman–Crippen LogP) is 19.4. The lowest BCUT2D eigenvalue weighted by Crippen LogP contribution is -2.47. The highest BCUT2D eigenvalue weighted by Crippen LogP contribution is 2.43. The van der Waals surface area contributed by atoms with Crippen LogP contribution in [0.5, 0.6) is 0 Å². The van der Waals surface area contributed by atoms with E-state index in [0.29, 0.717) is 17.4 Å². The molecule has 0 fully saturated rings. The average molecular weight is 1080 g/mol. The molecule has 440 valence electrons. The fraction of sp³-hybridized carbons (Fsp3) is 0.758. The van der Waals surface area contributed by atoms with Crippen molar-refractivity contribution in [2.45, 2.75) is 283 Å². The van der Waals surface area contributed by atoms with Gasteiger partial charge in [-0.2, -0.15) is 0 Å². The maximum absolute atomic E-state index is 13.6. The molecule has 0 aromatic rings. The number of allylic oxidation sites excluding steroid dienone is 13. The standard InChI is InChI=1S/C66H119N2O7P/c1-7-10-13-16-19-22-25-28-30-31-32-33-34-35-36-37-39-40-43-46-49-52-55-58-65(69)67-63(62-74-76(71,72)73-61-60-68(4,5)6)64(57-54-51-48-45-42-27-24-21-18-15-12-9-3)75-66(70)59-56-53-50-47-44-41-38-29-26-23-20-17-14-11-8-2/h11,14,17,19-20,22-23,26,28,30,32-33,54,57,63-64H,7-10,12-13,15-16,18,21,24-25,27,29,31,34-53,55-56,58-62H2,1-6H3,(H-,67,69,71,72)/p+1/b14-11+,20-17+,22-19-,26-23+,30-28-,33-32-,57-54-. The van der Waals surface area contributed by atoms with E-state index in [1.165, 1.54) is 148 Å². The molecule has 0 saturated heterocycles. The number of quaternary nitrogens is 1. The fourth-order valence-corrected chi connectivity index (χ4v) is 9.51. The van der Waals surface area contributed by atoms with E-state index in [4.69, 9.17) is 13.8 Å². The Labute approximate surface area is 469 Å². The number of esters is 1. The summed E-state index contributed by atoms with van der Waals surface area (Å²) in [7, 11) is 1.48. The monoisotopic (exact) mass is 1080 g/mol. The van der Waals surface area contributed by atoms with Crippen LogP contribution < -0.4 is 5.32 Å². The van der Waals surface area contributed by atoms with Gasteiger partial charge in [0.1, 0.15) is 19.3 Å². The largest absolute Gasteiger partial charge is 0.472 e. The zero-order chi connectivity index (χ0) is 55.7. The molecule has 0 saturated carbocycles. The lowest BCUT2D eigenvalue weighted by molar-refractivity contribution is -0.870. The molecule has 0 aromatic carbocycles. The van der Waals surface area contributed by atoms with Gasteiger partial charge in [0.15, 0.2) is 0 Å². The van der Waals surface area contributed by atoms with Crippen molar-refractivity contribution in [3.63, 3.8) is 0 Å². The Morgan fingerprint density at radius 3 is 1.39 bits per heavy atom. The van der Waals surface area contributed by atoms with Crippen LogP contribution in [0.3, 0.4) is 0 Å². The van der Waals surface area contributed by atoms with Gasteiger partial charge in [-0.25, -0.2) is 4.57 Å². The van der Waals surface area contributed by atoms with E-state index in [9.17, 15) is 19.0 Å². The Hall–Kier alpha value is -2.81. The van der Waals surface area contributed by atoms with Gasteiger partial charge in [0.2, 0.25) is 5.91 Å². The minimum atomic E-state index is -4.46. The maximum Gasteiger partial charge on any atom is 0.472 e. The van der Waals surface area contributed by atoms with Gasteiger partial charge in [0.25, 0.3) is 0 Å². The first-order valence-electron chi connectivity index (χ1n) is 31.4. The molecule has 1 amide bonds. The van der Waals surface area contributed by atoms with Crippen LogP contribution in [-0.2, 0) is 27.9 Å². The summed E-state index contributed by atoms with van der Waals surface area (Å²) in [6.45, 7) is 6.85. The average Bonchev–Trinajstić information content (AvgIpc) is 3.38. The SMILES string of the molecule is CC/C=C/C=C/C=C/CCCCCCCCCC(=O)OC(/C=C\CCCCCCCCCCCC)C(COP(=O)(O)OCC[N+](C)(C)C)NC(=O)CCCCCCCCCCCC/C=C\C/C=C\C/C=C\CCCCC. The number of nitrogens with zero attached hydrogens (tertiary/aromatic N) is 1. The lowest BCUT2D eigenvalue weighted by Gasteiger charge is -2.27. The molecule has 0 aliphatic rings. The molecule has 0 spiro atoms. The van der Waals surface area contributed by atoms with Crippen molar-refractivity contribution in [3.8, 4) is 0 Å². The first kappa shape index (κ1) is 73.2. The number of phosphoric acid groups is 1. The maximum atomic E-state index is 13.6. The van der Waals surface area contributed by atoms with Crippen molar-refractivity contribution < 1.29 is 37.3 Å². The first-order chi connectivity index (χ1) is 36.9. The van der Waals surface area contributed by atoms with Gasteiger partial charge in [-0.15, -0.1) is 0 Å². The molecule has 2 N–H and O–H groups in total. The number of amides is 1. The van der Waals surface area contributed by atoms with Gasteiger partial charge < -0.3 is 19.4 Å². The van der Waals surface area contributed by atoms with Gasteiger partial charge in [0.05, 0.1) is 33.8 Å². The molecule has 0 aliphatic heterocycles. The Balaban J connectivity index is 5.20. The number of carbonyl (C=O) groups excluding carboxylic acids is 2. The third-order valence-electron chi connectivity index (χ3n) is 13.6. The predicted molar refractivity (Wildman–Crippen MR) is 328 cm³/mol. The molecule has 0 radical (unpaired) electrons. The molecule has 9 nitrogen and oxygen atoms in total. The molecule has 0 aromatic heterocycles. The smallest absolute Gasteiger partial charge is 0.456 e. The normalized spacial score (nSPS) is 14.2. The molecule has 0 aliphatic carbocycles. The molecule has 3 atom stereocenters. The van der Waals surface area contributed by atoms with Crippen LogP contribution >= 0.6 is 7.82 Å². The summed E-state index contributed by atoms with van der Waals surface area (Å²) >= 11 is 0. The molecule has 0 rings (SSSR count). The summed E-state index contributed by atoms with van der Waals surface area (Å²) in [6.07, 6.45) is 72.9. The van der Waals surface area contributed by atoms with Crippen molar-refractivity contribution >= 4 is 19.7 Å². The van der Waals surface area contributed by atoms with Gasteiger partial charge in [-0.1, -0.05) is 254 Å². The van der Waals surface area contributed by atoms with Crippen LogP contribution in [0.1, 0.15) is 271 Å². The fourth-order valence-electron chi connectivity index (χ4n) is 8.77. The number of hydrogen-bond acceptors (Lipinski definition) is 6. The number of ether oxygens (including phenoxy) is 1. The van der Waals surface area contributed by atoms with Gasteiger partial charge >= 0.3 is 13.8 Å². The minimum absolute atomic E-state index is 0.0341. The van der Waals surface area contributed by atoms with Crippen molar-refractivity contribution in [1.82, 2.24) is 5.32 Å². The number of carbonyl (C=O) groups is 2. The summed E-state index contributed by atoms with van der Waals surface area (Å²) in [5, 5.41) is 3.05. The second-order valence-corrected chi connectivity index (χ2v) is 23.7. The van der Waals surface area contributed by atoms with E-state index in [2.05, 4.69) is 99.0 Å². The number of unbranched alkanes of at least 4 members (excludes halogenated alkanes) is 30. The molecule has 10 heteroatoms. The third-order valence-corrected chi connectivity index (χ3v) is 14.6. The topological polar surface area (TPSA) is 111 Å². The van der Waals surface area contributed by atoms with Gasteiger partial charge in [0, 0.05) is 12.8 Å². The third kappa shape index (κ3) is 55.9. The van der Waals surface area contributed by atoms with Crippen molar-refractivity contribution in [1.29, 1.82) is 0 Å². The van der Waals surface area contributed by atoms with Crippen molar-refractivity contribution in [2.75, 3.05) is 40.9 Å². The summed E-state index contributed by atoms with van der Waals surface area (Å²) in [5.74, 6) is -0.523. The Kier molecular flexibility index (Phi) is 53.5. The number of hydrogen-bond donors (Lipinski definition) is 2. The Morgan fingerprint density at radius 2 is 0.895 bits per heavy atom. The number of nitrogens with one attached hydrogen (secondary N) is 1. The van der Waals surface area contributed by atoms with Crippen LogP contribution in [0.25, 0.3) is 0 Å². The first-order valence-corrected chi connectivity index (χ1v) is 32.9. The molecule has 0 heterocycles. The van der Waals surface area contributed by atoms with E-state index in [-0.39, 0.29) is 31.5 Å². The highest BCUT2D eigenvalue weighted by atomic mass is 31.2. The number of likely N-dealkylation sites (N-methyl/N-ethyl adjacent to an activating group) is 1. The van der Waals surface area contributed by atoms with E-state index in [0.717, 1.165) is 89.9 Å². The zero-order valence-electron chi connectivity index (χ0n) is 50.2. The van der Waals surface area contributed by atoms with E-state index >= 15 is 0 Å². The van der Waals surface area contributed by atoms with E-state index in [1.807, 2.05) is 33.3 Å².